The monoisotopic (exact) mass is 281 g/mol. The van der Waals surface area contributed by atoms with Gasteiger partial charge in [-0.3, -0.25) is 9.78 Å². The third-order valence-corrected chi connectivity index (χ3v) is 2.74. The number of carbonyl (C=O) groups is 1. The van der Waals surface area contributed by atoms with E-state index in [0.29, 0.717) is 29.2 Å². The van der Waals surface area contributed by atoms with Crippen molar-refractivity contribution in [3.63, 3.8) is 0 Å². The maximum absolute atomic E-state index is 12.0. The van der Waals surface area contributed by atoms with E-state index in [1.807, 2.05) is 6.92 Å². The number of aromatic nitrogens is 1. The molecule has 0 unspecified atom stereocenters. The van der Waals surface area contributed by atoms with Crippen molar-refractivity contribution in [1.29, 1.82) is 5.26 Å². The lowest BCUT2D eigenvalue weighted by atomic mass is 10.2. The molecule has 1 aromatic heterocycles. The quantitative estimate of drug-likeness (QED) is 0.914. The highest BCUT2D eigenvalue weighted by Crippen LogP contribution is 2.22. The largest absolute Gasteiger partial charge is 0.492 e. The van der Waals surface area contributed by atoms with Gasteiger partial charge in [-0.25, -0.2) is 0 Å². The van der Waals surface area contributed by atoms with E-state index in [0.717, 1.165) is 6.42 Å². The molecule has 0 aliphatic carbocycles. The molecule has 0 aliphatic heterocycles. The normalized spacial score (nSPS) is 9.71. The molecular weight excluding hydrogens is 266 g/mol. The average molecular weight is 281 g/mol. The number of ether oxygens (including phenoxy) is 1. The van der Waals surface area contributed by atoms with Gasteiger partial charge >= 0.3 is 0 Å². The minimum atomic E-state index is -0.269. The van der Waals surface area contributed by atoms with Gasteiger partial charge < -0.3 is 10.1 Å². The first-order valence-corrected chi connectivity index (χ1v) is 6.63. The molecule has 0 bridgehead atoms. The van der Waals surface area contributed by atoms with Crippen LogP contribution in [0, 0.1) is 11.3 Å². The van der Waals surface area contributed by atoms with Gasteiger partial charge in [0.05, 0.1) is 17.7 Å². The van der Waals surface area contributed by atoms with E-state index in [9.17, 15) is 4.79 Å². The maximum Gasteiger partial charge on any atom is 0.257 e. The van der Waals surface area contributed by atoms with Crippen LogP contribution in [0.2, 0.25) is 0 Å². The van der Waals surface area contributed by atoms with E-state index in [-0.39, 0.29) is 5.91 Å². The van der Waals surface area contributed by atoms with Crippen LogP contribution in [-0.4, -0.2) is 17.5 Å². The zero-order valence-electron chi connectivity index (χ0n) is 11.7. The van der Waals surface area contributed by atoms with Crippen molar-refractivity contribution in [2.45, 2.75) is 13.3 Å². The summed E-state index contributed by atoms with van der Waals surface area (Å²) >= 11 is 0. The molecule has 1 N–H and O–H groups in total. The smallest absolute Gasteiger partial charge is 0.257 e. The number of hydrogen-bond donors (Lipinski definition) is 1. The molecule has 5 heteroatoms. The molecular formula is C16H15N3O2. The summed E-state index contributed by atoms with van der Waals surface area (Å²) in [7, 11) is 0. The van der Waals surface area contributed by atoms with Crippen molar-refractivity contribution in [2.75, 3.05) is 11.9 Å². The number of pyridine rings is 1. The minimum absolute atomic E-state index is 0.269. The van der Waals surface area contributed by atoms with Gasteiger partial charge in [0.15, 0.2) is 0 Å². The first kappa shape index (κ1) is 14.5. The van der Waals surface area contributed by atoms with Gasteiger partial charge in [-0.2, -0.15) is 5.26 Å². The number of hydrogen-bond acceptors (Lipinski definition) is 4. The van der Waals surface area contributed by atoms with E-state index in [4.69, 9.17) is 10.00 Å². The molecule has 0 fully saturated rings. The van der Waals surface area contributed by atoms with E-state index in [1.54, 1.807) is 36.5 Å². The standard InChI is InChI=1S/C16H15N3O2/c1-2-8-21-15-6-5-14(9-13(15)10-17)19-16(20)12-4-3-7-18-11-12/h3-7,9,11H,2,8H2,1H3,(H,19,20). The zero-order valence-corrected chi connectivity index (χ0v) is 11.7. The highest BCUT2D eigenvalue weighted by Gasteiger charge is 2.09. The molecule has 0 atom stereocenters. The molecule has 0 spiro atoms. The Bertz CT molecular complexity index is 663. The average Bonchev–Trinajstić information content (AvgIpc) is 2.54. The molecule has 0 saturated carbocycles. The minimum Gasteiger partial charge on any atom is -0.492 e. The maximum atomic E-state index is 12.0. The number of amides is 1. The molecule has 2 aromatic rings. The fourth-order valence-corrected chi connectivity index (χ4v) is 1.73. The Hall–Kier alpha value is -2.87. The molecule has 0 radical (unpaired) electrons. The summed E-state index contributed by atoms with van der Waals surface area (Å²) in [5.41, 5.74) is 1.40. The zero-order chi connectivity index (χ0) is 15.1. The van der Waals surface area contributed by atoms with Crippen molar-refractivity contribution >= 4 is 11.6 Å². The summed E-state index contributed by atoms with van der Waals surface area (Å²) < 4.78 is 5.48. The second-order valence-electron chi connectivity index (χ2n) is 4.37. The van der Waals surface area contributed by atoms with E-state index < -0.39 is 0 Å². The molecule has 5 nitrogen and oxygen atoms in total. The Kier molecular flexibility index (Phi) is 4.89. The topological polar surface area (TPSA) is 75.0 Å². The summed E-state index contributed by atoms with van der Waals surface area (Å²) in [5, 5.41) is 11.9. The van der Waals surface area contributed by atoms with Gasteiger partial charge in [0, 0.05) is 18.1 Å². The van der Waals surface area contributed by atoms with Crippen LogP contribution in [0.3, 0.4) is 0 Å². The predicted octanol–water partition coefficient (Wildman–Crippen LogP) is 2.99. The molecule has 2 rings (SSSR count). The van der Waals surface area contributed by atoms with Crippen LogP contribution < -0.4 is 10.1 Å². The van der Waals surface area contributed by atoms with Crippen LogP contribution in [0.4, 0.5) is 5.69 Å². The Morgan fingerprint density at radius 1 is 1.43 bits per heavy atom. The fourth-order valence-electron chi connectivity index (χ4n) is 1.73. The first-order valence-electron chi connectivity index (χ1n) is 6.63. The van der Waals surface area contributed by atoms with Crippen LogP contribution in [0.1, 0.15) is 29.3 Å². The summed E-state index contributed by atoms with van der Waals surface area (Å²) in [4.78, 5) is 15.9. The summed E-state index contributed by atoms with van der Waals surface area (Å²) in [6.45, 7) is 2.55. The van der Waals surface area contributed by atoms with E-state index in [1.165, 1.54) is 6.20 Å². The molecule has 1 heterocycles. The Balaban J connectivity index is 2.14. The van der Waals surface area contributed by atoms with Crippen LogP contribution in [0.15, 0.2) is 42.7 Å². The lowest BCUT2D eigenvalue weighted by Gasteiger charge is -2.09. The predicted molar refractivity (Wildman–Crippen MR) is 79.1 cm³/mol. The lowest BCUT2D eigenvalue weighted by molar-refractivity contribution is 0.102. The van der Waals surface area contributed by atoms with Crippen LogP contribution >= 0.6 is 0 Å². The van der Waals surface area contributed by atoms with Crippen LogP contribution in [0.25, 0.3) is 0 Å². The second kappa shape index (κ2) is 7.06. The Labute approximate surface area is 123 Å². The summed E-state index contributed by atoms with van der Waals surface area (Å²) in [5.74, 6) is 0.257. The van der Waals surface area contributed by atoms with Crippen molar-refractivity contribution < 1.29 is 9.53 Å². The van der Waals surface area contributed by atoms with Crippen molar-refractivity contribution in [1.82, 2.24) is 4.98 Å². The number of anilines is 1. The third kappa shape index (κ3) is 3.80. The fraction of sp³-hybridized carbons (Fsp3) is 0.188. The van der Waals surface area contributed by atoms with Crippen molar-refractivity contribution in [3.05, 3.63) is 53.9 Å². The Morgan fingerprint density at radius 2 is 2.29 bits per heavy atom. The van der Waals surface area contributed by atoms with Gasteiger partial charge in [-0.1, -0.05) is 6.92 Å². The number of nitriles is 1. The second-order valence-corrected chi connectivity index (χ2v) is 4.37. The molecule has 106 valence electrons. The highest BCUT2D eigenvalue weighted by molar-refractivity contribution is 6.04. The molecule has 0 saturated heterocycles. The third-order valence-electron chi connectivity index (χ3n) is 2.74. The van der Waals surface area contributed by atoms with Gasteiger partial charge in [0.2, 0.25) is 0 Å². The van der Waals surface area contributed by atoms with E-state index in [2.05, 4.69) is 16.4 Å². The summed E-state index contributed by atoms with van der Waals surface area (Å²) in [6, 6.07) is 10.4. The number of benzene rings is 1. The SMILES string of the molecule is CCCOc1ccc(NC(=O)c2cccnc2)cc1C#N. The van der Waals surface area contributed by atoms with Gasteiger partial charge in [-0.15, -0.1) is 0 Å². The molecule has 21 heavy (non-hydrogen) atoms. The number of nitrogens with zero attached hydrogens (tertiary/aromatic N) is 2. The molecule has 0 aliphatic rings. The summed E-state index contributed by atoms with van der Waals surface area (Å²) in [6.07, 6.45) is 3.95. The number of carbonyl (C=O) groups excluding carboxylic acids is 1. The molecule has 1 aromatic carbocycles. The van der Waals surface area contributed by atoms with E-state index >= 15 is 0 Å². The molecule has 1 amide bonds. The highest BCUT2D eigenvalue weighted by atomic mass is 16.5. The van der Waals surface area contributed by atoms with Crippen LogP contribution in [-0.2, 0) is 0 Å². The van der Waals surface area contributed by atoms with Gasteiger partial charge in [-0.05, 0) is 36.8 Å². The number of nitrogens with one attached hydrogen (secondary N) is 1. The first-order chi connectivity index (χ1) is 10.2. The van der Waals surface area contributed by atoms with Gasteiger partial charge in [0.1, 0.15) is 11.8 Å². The van der Waals surface area contributed by atoms with Crippen molar-refractivity contribution in [3.8, 4) is 11.8 Å². The number of rotatable bonds is 5. The van der Waals surface area contributed by atoms with Crippen molar-refractivity contribution in [2.24, 2.45) is 0 Å². The van der Waals surface area contributed by atoms with Crippen LogP contribution in [0.5, 0.6) is 5.75 Å². The van der Waals surface area contributed by atoms with Gasteiger partial charge in [0.25, 0.3) is 5.91 Å². The lowest BCUT2D eigenvalue weighted by Crippen LogP contribution is -2.12. The Morgan fingerprint density at radius 3 is 2.95 bits per heavy atom.